The van der Waals surface area contributed by atoms with Gasteiger partial charge in [0.15, 0.2) is 5.65 Å². The van der Waals surface area contributed by atoms with Gasteiger partial charge in [0.1, 0.15) is 18.1 Å². The van der Waals surface area contributed by atoms with Gasteiger partial charge >= 0.3 is 0 Å². The number of hydrogen-bond donors (Lipinski definition) is 1. The number of ether oxygens (including phenoxy) is 1. The molecule has 0 atom stereocenters. The highest BCUT2D eigenvalue weighted by Crippen LogP contribution is 2.31. The normalized spacial score (nSPS) is 13.9. The highest BCUT2D eigenvalue weighted by atomic mass is 16.5. The summed E-state index contributed by atoms with van der Waals surface area (Å²) >= 11 is 0. The number of aryl methyl sites for hydroxylation is 2. The van der Waals surface area contributed by atoms with Crippen LogP contribution in [0.15, 0.2) is 71.3 Å². The number of nitrogens with zero attached hydrogens (tertiary/aromatic N) is 5. The van der Waals surface area contributed by atoms with Gasteiger partial charge in [0.05, 0.1) is 11.4 Å². The van der Waals surface area contributed by atoms with Crippen LogP contribution >= 0.6 is 0 Å². The lowest BCUT2D eigenvalue weighted by Gasteiger charge is -2.15. The molecule has 0 saturated carbocycles. The van der Waals surface area contributed by atoms with E-state index in [-0.39, 0.29) is 0 Å². The van der Waals surface area contributed by atoms with Crippen LogP contribution in [-0.2, 0) is 0 Å². The molecule has 37 heavy (non-hydrogen) atoms. The molecule has 8 nitrogen and oxygen atoms in total. The van der Waals surface area contributed by atoms with Crippen molar-refractivity contribution in [2.24, 2.45) is 0 Å². The maximum Gasteiger partial charge on any atom is 0.247 e. The number of rotatable bonds is 8. The van der Waals surface area contributed by atoms with Crippen LogP contribution in [-0.4, -0.2) is 50.9 Å². The minimum atomic E-state index is 0.539. The van der Waals surface area contributed by atoms with E-state index in [1.807, 2.05) is 66.9 Å². The monoisotopic (exact) mass is 494 g/mol. The van der Waals surface area contributed by atoms with Crippen molar-refractivity contribution < 1.29 is 9.26 Å². The zero-order valence-electron chi connectivity index (χ0n) is 21.1. The average Bonchev–Trinajstić information content (AvgIpc) is 3.65. The van der Waals surface area contributed by atoms with Crippen LogP contribution in [0.5, 0.6) is 5.75 Å². The van der Waals surface area contributed by atoms with E-state index in [1.54, 1.807) is 0 Å². The van der Waals surface area contributed by atoms with Crippen molar-refractivity contribution in [3.05, 3.63) is 78.2 Å². The fourth-order valence-electron chi connectivity index (χ4n) is 4.97. The molecular formula is C29H30N6O2. The first-order valence-corrected chi connectivity index (χ1v) is 12.8. The summed E-state index contributed by atoms with van der Waals surface area (Å²) in [5.74, 6) is 2.22. The van der Waals surface area contributed by atoms with Crippen molar-refractivity contribution in [3.8, 4) is 28.1 Å². The molecule has 0 bridgehead atoms. The van der Waals surface area contributed by atoms with Gasteiger partial charge in [0.25, 0.3) is 0 Å². The Morgan fingerprint density at radius 2 is 1.73 bits per heavy atom. The highest BCUT2D eigenvalue weighted by molar-refractivity contribution is 5.74. The van der Waals surface area contributed by atoms with Crippen molar-refractivity contribution in [2.45, 2.75) is 26.7 Å². The molecule has 5 aromatic rings. The van der Waals surface area contributed by atoms with E-state index < -0.39 is 0 Å². The lowest BCUT2D eigenvalue weighted by Crippen LogP contribution is -2.25. The van der Waals surface area contributed by atoms with Crippen LogP contribution in [0.4, 0.5) is 11.6 Å². The van der Waals surface area contributed by atoms with Crippen LogP contribution in [0.25, 0.3) is 28.0 Å². The fraction of sp³-hybridized carbons (Fsp3) is 0.276. The molecule has 1 aliphatic rings. The maximum atomic E-state index is 5.92. The van der Waals surface area contributed by atoms with Crippen LogP contribution < -0.4 is 10.1 Å². The molecule has 8 heteroatoms. The average molecular weight is 495 g/mol. The Bertz CT molecular complexity index is 1500. The molecule has 3 aromatic heterocycles. The van der Waals surface area contributed by atoms with Gasteiger partial charge in [-0.15, -0.1) is 5.10 Å². The predicted octanol–water partition coefficient (Wildman–Crippen LogP) is 5.89. The van der Waals surface area contributed by atoms with Gasteiger partial charge in [-0.2, -0.15) is 4.98 Å². The van der Waals surface area contributed by atoms with E-state index >= 15 is 0 Å². The van der Waals surface area contributed by atoms with Crippen molar-refractivity contribution in [2.75, 3.05) is 31.6 Å². The van der Waals surface area contributed by atoms with Gasteiger partial charge in [-0.05, 0) is 87.8 Å². The summed E-state index contributed by atoms with van der Waals surface area (Å²) in [7, 11) is 0. The Morgan fingerprint density at radius 1 is 0.946 bits per heavy atom. The third-order valence-corrected chi connectivity index (χ3v) is 6.83. The zero-order valence-corrected chi connectivity index (χ0v) is 21.1. The second kappa shape index (κ2) is 10.1. The number of likely N-dealkylation sites (tertiary alicyclic amines) is 1. The molecule has 0 amide bonds. The molecule has 0 unspecified atom stereocenters. The fourth-order valence-corrected chi connectivity index (χ4v) is 4.97. The van der Waals surface area contributed by atoms with Crippen molar-refractivity contribution >= 4 is 17.3 Å². The van der Waals surface area contributed by atoms with E-state index in [9.17, 15) is 0 Å². The zero-order chi connectivity index (χ0) is 25.2. The predicted molar refractivity (Wildman–Crippen MR) is 144 cm³/mol. The number of anilines is 2. The van der Waals surface area contributed by atoms with Gasteiger partial charge in [-0.25, -0.2) is 4.52 Å². The number of benzene rings is 2. The van der Waals surface area contributed by atoms with E-state index in [0.29, 0.717) is 12.6 Å². The maximum absolute atomic E-state index is 5.92. The topological polar surface area (TPSA) is 80.7 Å². The summed E-state index contributed by atoms with van der Waals surface area (Å²) in [6.45, 7) is 7.96. The quantitative estimate of drug-likeness (QED) is 0.288. The van der Waals surface area contributed by atoms with Gasteiger partial charge in [-0.1, -0.05) is 29.4 Å². The number of fused-ring (bicyclic) bond motifs is 1. The molecule has 2 aromatic carbocycles. The van der Waals surface area contributed by atoms with Crippen LogP contribution in [0, 0.1) is 13.8 Å². The Balaban J connectivity index is 1.19. The van der Waals surface area contributed by atoms with Crippen molar-refractivity contribution in [1.82, 2.24) is 24.7 Å². The summed E-state index contributed by atoms with van der Waals surface area (Å²) in [6.07, 6.45) is 2.60. The van der Waals surface area contributed by atoms with Crippen LogP contribution in [0.3, 0.4) is 0 Å². The molecule has 0 spiro atoms. The minimum absolute atomic E-state index is 0.539. The van der Waals surface area contributed by atoms with Crippen molar-refractivity contribution in [1.29, 1.82) is 0 Å². The van der Waals surface area contributed by atoms with E-state index in [2.05, 4.69) is 38.6 Å². The Labute approximate surface area is 215 Å². The summed E-state index contributed by atoms with van der Waals surface area (Å²) in [5, 5.41) is 12.2. The lowest BCUT2D eigenvalue weighted by molar-refractivity contribution is 0.238. The summed E-state index contributed by atoms with van der Waals surface area (Å²) in [6, 6.07) is 22.3. The second-order valence-electron chi connectivity index (χ2n) is 9.44. The van der Waals surface area contributed by atoms with Gasteiger partial charge in [-0.3, -0.25) is 4.90 Å². The SMILES string of the molecule is Cc1noc(C)c1-c1cccc(-c2cccc3nc(Nc4ccc(OCCN5CCCC5)cc4)nn23)c1. The number of pyridine rings is 1. The van der Waals surface area contributed by atoms with Gasteiger partial charge in [0, 0.05) is 23.4 Å². The molecule has 1 saturated heterocycles. The van der Waals surface area contributed by atoms with Crippen molar-refractivity contribution in [3.63, 3.8) is 0 Å². The highest BCUT2D eigenvalue weighted by Gasteiger charge is 2.14. The molecule has 188 valence electrons. The molecule has 0 radical (unpaired) electrons. The Morgan fingerprint density at radius 3 is 2.51 bits per heavy atom. The number of hydrogen-bond acceptors (Lipinski definition) is 7. The lowest BCUT2D eigenvalue weighted by atomic mass is 10.0. The smallest absolute Gasteiger partial charge is 0.247 e. The van der Waals surface area contributed by atoms with Crippen LogP contribution in [0.1, 0.15) is 24.3 Å². The molecule has 6 rings (SSSR count). The first-order valence-electron chi connectivity index (χ1n) is 12.8. The molecule has 1 fully saturated rings. The van der Waals surface area contributed by atoms with E-state index in [0.717, 1.165) is 57.5 Å². The molecule has 0 aliphatic carbocycles. The number of nitrogens with one attached hydrogen (secondary N) is 1. The minimum Gasteiger partial charge on any atom is -0.492 e. The molecule has 1 aliphatic heterocycles. The molecule has 1 N–H and O–H groups in total. The Kier molecular flexibility index (Phi) is 6.32. The molecular weight excluding hydrogens is 464 g/mol. The largest absolute Gasteiger partial charge is 0.492 e. The van der Waals surface area contributed by atoms with Gasteiger partial charge in [0.2, 0.25) is 5.95 Å². The standard InChI is InChI=1S/C29H30N6O2/c1-20-28(21(2)37-33-20)23-8-5-7-22(19-23)26-9-6-10-27-31-29(32-35(26)27)30-24-11-13-25(14-12-24)36-18-17-34-15-3-4-16-34/h5-14,19H,3-4,15-18H2,1-2H3,(H,30,32). The first kappa shape index (κ1) is 23.2. The molecule has 4 heterocycles. The Hall–Kier alpha value is -4.17. The summed E-state index contributed by atoms with van der Waals surface area (Å²) in [5.41, 5.74) is 6.63. The second-order valence-corrected chi connectivity index (χ2v) is 9.44. The number of aromatic nitrogens is 4. The summed E-state index contributed by atoms with van der Waals surface area (Å²) in [4.78, 5) is 7.14. The van der Waals surface area contributed by atoms with Crippen LogP contribution in [0.2, 0.25) is 0 Å². The summed E-state index contributed by atoms with van der Waals surface area (Å²) < 4.78 is 13.2. The first-order chi connectivity index (χ1) is 18.1. The van der Waals surface area contributed by atoms with E-state index in [1.165, 1.54) is 25.9 Å². The van der Waals surface area contributed by atoms with E-state index in [4.69, 9.17) is 14.4 Å². The third-order valence-electron chi connectivity index (χ3n) is 6.83. The third kappa shape index (κ3) is 4.93. The van der Waals surface area contributed by atoms with Gasteiger partial charge < -0.3 is 14.6 Å².